The van der Waals surface area contributed by atoms with E-state index in [1.807, 2.05) is 35.7 Å². The Balaban J connectivity index is 1.84. The molecule has 2 aromatic rings. The Morgan fingerprint density at radius 3 is 2.67 bits per heavy atom. The maximum Gasteiger partial charge on any atom is 0.274 e. The molecule has 0 radical (unpaired) electrons. The van der Waals surface area contributed by atoms with Gasteiger partial charge in [0.25, 0.3) is 5.91 Å². The van der Waals surface area contributed by atoms with Gasteiger partial charge in [-0.1, -0.05) is 6.07 Å². The monoisotopic (exact) mass is 286 g/mol. The molecule has 0 unspecified atom stereocenters. The van der Waals surface area contributed by atoms with Crippen molar-refractivity contribution in [2.45, 2.75) is 19.8 Å². The second-order valence-corrected chi connectivity index (χ2v) is 5.43. The number of carbonyl (C=O) groups excluding carboxylic acids is 2. The van der Waals surface area contributed by atoms with E-state index < -0.39 is 0 Å². The average Bonchev–Trinajstić information content (AvgIpc) is 2.84. The molecule has 2 aromatic heterocycles. The van der Waals surface area contributed by atoms with E-state index >= 15 is 0 Å². The van der Waals surface area contributed by atoms with E-state index in [1.165, 1.54) is 0 Å². The number of rotatable bonds is 2. The van der Waals surface area contributed by atoms with Crippen molar-refractivity contribution in [1.29, 1.82) is 0 Å². The third-order valence-corrected chi connectivity index (χ3v) is 4.11. The van der Waals surface area contributed by atoms with Crippen molar-refractivity contribution < 1.29 is 9.59 Å². The van der Waals surface area contributed by atoms with Crippen molar-refractivity contribution in [2.24, 2.45) is 11.7 Å². The second kappa shape index (κ2) is 5.20. The van der Waals surface area contributed by atoms with Gasteiger partial charge in [-0.3, -0.25) is 9.59 Å². The highest BCUT2D eigenvalue weighted by atomic mass is 16.2. The fraction of sp³-hybridized carbons (Fsp3) is 0.400. The number of pyridine rings is 1. The highest BCUT2D eigenvalue weighted by Crippen LogP contribution is 2.20. The molecule has 0 aromatic carbocycles. The van der Waals surface area contributed by atoms with Crippen molar-refractivity contribution in [3.05, 3.63) is 35.9 Å². The quantitative estimate of drug-likeness (QED) is 0.893. The molecule has 1 aliphatic rings. The largest absolute Gasteiger partial charge is 0.369 e. The molecular weight excluding hydrogens is 268 g/mol. The average molecular weight is 286 g/mol. The summed E-state index contributed by atoms with van der Waals surface area (Å²) in [6, 6.07) is 5.70. The Morgan fingerprint density at radius 2 is 2.00 bits per heavy atom. The van der Waals surface area contributed by atoms with Crippen LogP contribution in [0.15, 0.2) is 24.4 Å². The summed E-state index contributed by atoms with van der Waals surface area (Å²) in [5, 5.41) is 0. The third-order valence-electron chi connectivity index (χ3n) is 4.11. The van der Waals surface area contributed by atoms with Crippen LogP contribution < -0.4 is 5.73 Å². The SMILES string of the molecule is Cc1nc(C(=O)N2CCC(C(N)=O)CC2)c2ccccn12. The number of aryl methyl sites for hydroxylation is 1. The molecule has 6 heteroatoms. The van der Waals surface area contributed by atoms with Crippen LogP contribution in [-0.4, -0.2) is 39.2 Å². The van der Waals surface area contributed by atoms with Crippen LogP contribution in [0, 0.1) is 12.8 Å². The van der Waals surface area contributed by atoms with Crippen molar-refractivity contribution in [3.63, 3.8) is 0 Å². The van der Waals surface area contributed by atoms with Crippen molar-refractivity contribution in [1.82, 2.24) is 14.3 Å². The molecule has 0 bridgehead atoms. The number of fused-ring (bicyclic) bond motifs is 1. The van der Waals surface area contributed by atoms with Gasteiger partial charge >= 0.3 is 0 Å². The third kappa shape index (κ3) is 2.37. The molecule has 2 N–H and O–H groups in total. The molecule has 3 heterocycles. The number of primary amides is 1. The van der Waals surface area contributed by atoms with Crippen LogP contribution in [0.4, 0.5) is 0 Å². The van der Waals surface area contributed by atoms with Gasteiger partial charge in [0.1, 0.15) is 5.82 Å². The predicted molar refractivity (Wildman–Crippen MR) is 77.8 cm³/mol. The standard InChI is InChI=1S/C15H18N4O2/c1-10-17-13(12-4-2-3-7-19(10)12)15(21)18-8-5-11(6-9-18)14(16)20/h2-4,7,11H,5-6,8-9H2,1H3,(H2,16,20). The van der Waals surface area contributed by atoms with E-state index in [1.54, 1.807) is 4.90 Å². The number of aromatic nitrogens is 2. The highest BCUT2D eigenvalue weighted by Gasteiger charge is 2.28. The molecule has 6 nitrogen and oxygen atoms in total. The maximum atomic E-state index is 12.6. The van der Waals surface area contributed by atoms with Crippen molar-refractivity contribution in [2.75, 3.05) is 13.1 Å². The van der Waals surface area contributed by atoms with Crippen molar-refractivity contribution in [3.8, 4) is 0 Å². The highest BCUT2D eigenvalue weighted by molar-refractivity contribution is 5.99. The summed E-state index contributed by atoms with van der Waals surface area (Å²) < 4.78 is 1.91. The molecule has 1 aliphatic heterocycles. The number of hydrogen-bond acceptors (Lipinski definition) is 3. The lowest BCUT2D eigenvalue weighted by Crippen LogP contribution is -2.41. The molecule has 0 aliphatic carbocycles. The van der Waals surface area contributed by atoms with Crippen LogP contribution in [-0.2, 0) is 4.79 Å². The first-order chi connectivity index (χ1) is 10.1. The zero-order valence-electron chi connectivity index (χ0n) is 12.0. The van der Waals surface area contributed by atoms with Gasteiger partial charge in [0.05, 0.1) is 5.52 Å². The van der Waals surface area contributed by atoms with Gasteiger partial charge in [0.15, 0.2) is 5.69 Å². The van der Waals surface area contributed by atoms with E-state index in [9.17, 15) is 9.59 Å². The first-order valence-electron chi connectivity index (χ1n) is 7.10. The minimum atomic E-state index is -0.273. The number of imidazole rings is 1. The lowest BCUT2D eigenvalue weighted by Gasteiger charge is -2.30. The topological polar surface area (TPSA) is 80.7 Å². The molecule has 1 saturated heterocycles. The number of likely N-dealkylation sites (tertiary alicyclic amines) is 1. The summed E-state index contributed by atoms with van der Waals surface area (Å²) in [7, 11) is 0. The summed E-state index contributed by atoms with van der Waals surface area (Å²) >= 11 is 0. The van der Waals surface area contributed by atoms with Gasteiger partial charge in [0.2, 0.25) is 5.91 Å². The van der Waals surface area contributed by atoms with E-state index in [-0.39, 0.29) is 17.7 Å². The van der Waals surface area contributed by atoms with E-state index in [4.69, 9.17) is 5.73 Å². The first-order valence-corrected chi connectivity index (χ1v) is 7.10. The van der Waals surface area contributed by atoms with Gasteiger partial charge in [-0.05, 0) is 31.9 Å². The predicted octanol–water partition coefficient (Wildman–Crippen LogP) is 0.980. The molecule has 1 fully saturated rings. The Bertz CT molecular complexity index is 699. The van der Waals surface area contributed by atoms with Crippen LogP contribution in [0.25, 0.3) is 5.52 Å². The lowest BCUT2D eigenvalue weighted by molar-refractivity contribution is -0.123. The molecule has 0 spiro atoms. The van der Waals surface area contributed by atoms with Crippen LogP contribution in [0.1, 0.15) is 29.2 Å². The van der Waals surface area contributed by atoms with Gasteiger partial charge in [-0.25, -0.2) is 4.98 Å². The number of amides is 2. The first kappa shape index (κ1) is 13.6. The van der Waals surface area contributed by atoms with E-state index in [0.717, 1.165) is 11.3 Å². The van der Waals surface area contributed by atoms with Crippen LogP contribution in [0.2, 0.25) is 0 Å². The summed E-state index contributed by atoms with van der Waals surface area (Å²) in [5.41, 5.74) is 6.61. The summed E-state index contributed by atoms with van der Waals surface area (Å²) in [6.45, 7) is 2.98. The number of carbonyl (C=O) groups is 2. The zero-order valence-corrected chi connectivity index (χ0v) is 12.0. The maximum absolute atomic E-state index is 12.6. The fourth-order valence-corrected chi connectivity index (χ4v) is 2.87. The minimum Gasteiger partial charge on any atom is -0.369 e. The Hall–Kier alpha value is -2.37. The molecule has 3 rings (SSSR count). The molecule has 0 saturated carbocycles. The van der Waals surface area contributed by atoms with Gasteiger partial charge < -0.3 is 15.0 Å². The Kier molecular flexibility index (Phi) is 3.37. The number of hydrogen-bond donors (Lipinski definition) is 1. The fourth-order valence-electron chi connectivity index (χ4n) is 2.87. The van der Waals surface area contributed by atoms with Gasteiger partial charge in [-0.2, -0.15) is 0 Å². The number of piperidine rings is 1. The van der Waals surface area contributed by atoms with Crippen molar-refractivity contribution >= 4 is 17.3 Å². The Labute approximate surface area is 122 Å². The summed E-state index contributed by atoms with van der Waals surface area (Å²) in [4.78, 5) is 30.0. The van der Waals surface area contributed by atoms with Crippen LogP contribution in [0.5, 0.6) is 0 Å². The number of nitrogens with two attached hydrogens (primary N) is 1. The lowest BCUT2D eigenvalue weighted by atomic mass is 9.96. The zero-order chi connectivity index (χ0) is 15.0. The van der Waals surface area contributed by atoms with Gasteiger partial charge in [0, 0.05) is 25.2 Å². The van der Waals surface area contributed by atoms with E-state index in [0.29, 0.717) is 31.6 Å². The van der Waals surface area contributed by atoms with E-state index in [2.05, 4.69) is 4.98 Å². The second-order valence-electron chi connectivity index (χ2n) is 5.43. The molecule has 0 atom stereocenters. The molecule has 110 valence electrons. The van der Waals surface area contributed by atoms with Crippen LogP contribution >= 0.6 is 0 Å². The Morgan fingerprint density at radius 1 is 1.29 bits per heavy atom. The molecule has 2 amide bonds. The minimum absolute atomic E-state index is 0.0743. The molecular formula is C15H18N4O2. The van der Waals surface area contributed by atoms with Crippen LogP contribution in [0.3, 0.4) is 0 Å². The van der Waals surface area contributed by atoms with Gasteiger partial charge in [-0.15, -0.1) is 0 Å². The molecule has 21 heavy (non-hydrogen) atoms. The normalized spacial score (nSPS) is 16.3. The summed E-state index contributed by atoms with van der Waals surface area (Å²) in [6.07, 6.45) is 3.16. The number of nitrogens with zero attached hydrogens (tertiary/aromatic N) is 3. The smallest absolute Gasteiger partial charge is 0.274 e. The summed E-state index contributed by atoms with van der Waals surface area (Å²) in [5.74, 6) is 0.329.